The molecular weight excluding hydrogens is 374 g/mol. The molecule has 1 atom stereocenters. The van der Waals surface area contributed by atoms with Gasteiger partial charge in [-0.15, -0.1) is 0 Å². The maximum absolute atomic E-state index is 13.1. The first-order chi connectivity index (χ1) is 14.0. The van der Waals surface area contributed by atoms with Crippen molar-refractivity contribution in [3.8, 4) is 0 Å². The minimum Gasteiger partial charge on any atom is -0.455 e. The number of rotatable bonds is 4. The van der Waals surface area contributed by atoms with Crippen molar-refractivity contribution in [1.82, 2.24) is 15.8 Å². The zero-order valence-electron chi connectivity index (χ0n) is 16.1. The summed E-state index contributed by atoms with van der Waals surface area (Å²) in [5.41, 5.74) is 4.85. The van der Waals surface area contributed by atoms with Crippen molar-refractivity contribution < 1.29 is 23.9 Å². The van der Waals surface area contributed by atoms with E-state index in [1.807, 2.05) is 36.4 Å². The topological polar surface area (TPSA) is 105 Å². The normalized spacial score (nSPS) is 16.2. The van der Waals surface area contributed by atoms with Crippen LogP contribution in [0.4, 0.5) is 0 Å². The third-order valence-electron chi connectivity index (χ3n) is 4.79. The van der Waals surface area contributed by atoms with E-state index in [1.165, 1.54) is 6.92 Å². The molecule has 3 rings (SSSR count). The van der Waals surface area contributed by atoms with Crippen LogP contribution in [0.3, 0.4) is 0 Å². The number of carbonyl (C=O) groups is 4. The molecule has 0 aromatic heterocycles. The molecule has 1 aliphatic rings. The third-order valence-corrected chi connectivity index (χ3v) is 4.79. The van der Waals surface area contributed by atoms with Crippen LogP contribution >= 0.6 is 0 Å². The molecule has 2 aromatic rings. The summed E-state index contributed by atoms with van der Waals surface area (Å²) in [6, 6.07) is 13.3. The Kier molecular flexibility index (Phi) is 6.43. The first kappa shape index (κ1) is 20.3. The van der Waals surface area contributed by atoms with Gasteiger partial charge in [0.25, 0.3) is 11.8 Å². The predicted molar refractivity (Wildman–Crippen MR) is 105 cm³/mol. The average Bonchev–Trinajstić information content (AvgIpc) is 2.75. The molecule has 1 unspecified atom stereocenters. The van der Waals surface area contributed by atoms with Crippen LogP contribution in [0, 0.1) is 5.92 Å². The van der Waals surface area contributed by atoms with Crippen molar-refractivity contribution in [2.75, 3.05) is 19.7 Å². The minimum absolute atomic E-state index is 0.122. The number of piperidine rings is 1. The summed E-state index contributed by atoms with van der Waals surface area (Å²) >= 11 is 0. The molecular formula is C21H23N3O5. The van der Waals surface area contributed by atoms with Gasteiger partial charge < -0.3 is 9.64 Å². The van der Waals surface area contributed by atoms with E-state index in [4.69, 9.17) is 4.74 Å². The van der Waals surface area contributed by atoms with Gasteiger partial charge in [-0.25, -0.2) is 0 Å². The number of benzene rings is 2. The Morgan fingerprint density at radius 2 is 1.83 bits per heavy atom. The zero-order valence-corrected chi connectivity index (χ0v) is 16.1. The van der Waals surface area contributed by atoms with E-state index in [-0.39, 0.29) is 12.5 Å². The lowest BCUT2D eigenvalue weighted by Gasteiger charge is -2.31. The molecule has 8 heteroatoms. The summed E-state index contributed by atoms with van der Waals surface area (Å²) in [7, 11) is 0. The van der Waals surface area contributed by atoms with Crippen LogP contribution in [0.15, 0.2) is 42.5 Å². The molecule has 8 nitrogen and oxygen atoms in total. The number of ether oxygens (including phenoxy) is 1. The monoisotopic (exact) mass is 397 g/mol. The van der Waals surface area contributed by atoms with Crippen molar-refractivity contribution >= 4 is 34.5 Å². The van der Waals surface area contributed by atoms with Crippen molar-refractivity contribution in [2.24, 2.45) is 5.92 Å². The van der Waals surface area contributed by atoms with E-state index in [9.17, 15) is 19.2 Å². The molecule has 0 aliphatic carbocycles. The Hall–Kier alpha value is -3.42. The highest BCUT2D eigenvalue weighted by Crippen LogP contribution is 2.24. The molecule has 3 amide bonds. The second-order valence-corrected chi connectivity index (χ2v) is 6.95. The van der Waals surface area contributed by atoms with Crippen molar-refractivity contribution in [3.63, 3.8) is 0 Å². The molecule has 2 aromatic carbocycles. The van der Waals surface area contributed by atoms with Crippen molar-refractivity contribution in [2.45, 2.75) is 19.8 Å². The Morgan fingerprint density at radius 3 is 2.62 bits per heavy atom. The molecule has 0 saturated carbocycles. The summed E-state index contributed by atoms with van der Waals surface area (Å²) in [4.78, 5) is 49.4. The molecule has 0 bridgehead atoms. The molecule has 2 N–H and O–H groups in total. The minimum atomic E-state index is -0.631. The number of esters is 1. The highest BCUT2D eigenvalue weighted by molar-refractivity contribution is 6.07. The number of hydrazine groups is 1. The van der Waals surface area contributed by atoms with Gasteiger partial charge in [0.05, 0.1) is 5.92 Å². The zero-order chi connectivity index (χ0) is 20.8. The van der Waals surface area contributed by atoms with E-state index in [1.54, 1.807) is 11.0 Å². The molecule has 0 radical (unpaired) electrons. The van der Waals surface area contributed by atoms with Gasteiger partial charge in [0.2, 0.25) is 5.91 Å². The number of hydrogen-bond acceptors (Lipinski definition) is 5. The quantitative estimate of drug-likeness (QED) is 0.599. The van der Waals surface area contributed by atoms with E-state index in [0.29, 0.717) is 24.9 Å². The van der Waals surface area contributed by atoms with E-state index < -0.39 is 30.3 Å². The van der Waals surface area contributed by atoms with Gasteiger partial charge in [0.1, 0.15) is 0 Å². The van der Waals surface area contributed by atoms with Crippen LogP contribution in [0.1, 0.15) is 30.1 Å². The Morgan fingerprint density at radius 1 is 1.07 bits per heavy atom. The van der Waals surface area contributed by atoms with Gasteiger partial charge in [-0.2, -0.15) is 0 Å². The maximum atomic E-state index is 13.1. The Labute approximate surface area is 168 Å². The van der Waals surface area contributed by atoms with Crippen LogP contribution < -0.4 is 10.9 Å². The number of hydrogen-bond donors (Lipinski definition) is 2. The van der Waals surface area contributed by atoms with Crippen molar-refractivity contribution in [1.29, 1.82) is 0 Å². The maximum Gasteiger partial charge on any atom is 0.311 e. The molecule has 1 heterocycles. The fourth-order valence-corrected chi connectivity index (χ4v) is 3.38. The summed E-state index contributed by atoms with van der Waals surface area (Å²) < 4.78 is 5.04. The lowest BCUT2D eigenvalue weighted by atomic mass is 9.96. The standard InChI is InChI=1S/C21H23N3O5/c1-14(25)22-23-19(26)13-29-21(28)16-8-5-11-24(12-16)20(27)18-10-4-7-15-6-2-3-9-17(15)18/h2-4,6-7,9-10,16H,5,8,11-13H2,1H3,(H,22,25)(H,23,26). The van der Waals surface area contributed by atoms with Crippen molar-refractivity contribution in [3.05, 3.63) is 48.0 Å². The SMILES string of the molecule is CC(=O)NNC(=O)COC(=O)C1CCCN(C(=O)c2cccc3ccccc23)C1. The first-order valence-corrected chi connectivity index (χ1v) is 9.45. The second-order valence-electron chi connectivity index (χ2n) is 6.95. The summed E-state index contributed by atoms with van der Waals surface area (Å²) in [6.07, 6.45) is 1.26. The average molecular weight is 397 g/mol. The Balaban J connectivity index is 1.61. The highest BCUT2D eigenvalue weighted by Gasteiger charge is 2.30. The van der Waals surface area contributed by atoms with E-state index >= 15 is 0 Å². The number of nitrogens with one attached hydrogen (secondary N) is 2. The lowest BCUT2D eigenvalue weighted by Crippen LogP contribution is -2.45. The van der Waals surface area contributed by atoms with Crippen LogP contribution in [0.25, 0.3) is 10.8 Å². The third kappa shape index (κ3) is 5.10. The van der Waals surface area contributed by atoms with Crippen LogP contribution in [0.5, 0.6) is 0 Å². The summed E-state index contributed by atoms with van der Waals surface area (Å²) in [6.45, 7) is 1.56. The van der Waals surface area contributed by atoms with Gasteiger partial charge >= 0.3 is 5.97 Å². The molecule has 1 saturated heterocycles. The first-order valence-electron chi connectivity index (χ1n) is 9.45. The van der Waals surface area contributed by atoms with Crippen LogP contribution in [-0.2, 0) is 19.1 Å². The summed E-state index contributed by atoms with van der Waals surface area (Å²) in [5, 5.41) is 1.86. The smallest absolute Gasteiger partial charge is 0.311 e. The highest BCUT2D eigenvalue weighted by atomic mass is 16.5. The fraction of sp³-hybridized carbons (Fsp3) is 0.333. The molecule has 0 spiro atoms. The largest absolute Gasteiger partial charge is 0.455 e. The predicted octanol–water partition coefficient (Wildman–Crippen LogP) is 1.40. The molecule has 29 heavy (non-hydrogen) atoms. The Bertz CT molecular complexity index is 938. The van der Waals surface area contributed by atoms with Gasteiger partial charge in [-0.1, -0.05) is 36.4 Å². The lowest BCUT2D eigenvalue weighted by molar-refractivity contribution is -0.154. The second kappa shape index (κ2) is 9.18. The van der Waals surface area contributed by atoms with E-state index in [0.717, 1.165) is 10.8 Å². The van der Waals surface area contributed by atoms with Gasteiger partial charge in [-0.3, -0.25) is 30.0 Å². The number of amides is 3. The number of fused-ring (bicyclic) bond motifs is 1. The van der Waals surface area contributed by atoms with E-state index in [2.05, 4.69) is 10.9 Å². The fourth-order valence-electron chi connectivity index (χ4n) is 3.38. The van der Waals surface area contributed by atoms with Gasteiger partial charge in [0.15, 0.2) is 6.61 Å². The van der Waals surface area contributed by atoms with Crippen LogP contribution in [-0.4, -0.2) is 48.3 Å². The summed E-state index contributed by atoms with van der Waals surface area (Å²) in [5.74, 6) is -2.20. The number of carbonyl (C=O) groups excluding carboxylic acids is 4. The molecule has 1 fully saturated rings. The number of likely N-dealkylation sites (tertiary alicyclic amines) is 1. The van der Waals surface area contributed by atoms with Gasteiger partial charge in [0, 0.05) is 25.6 Å². The van der Waals surface area contributed by atoms with Crippen LogP contribution in [0.2, 0.25) is 0 Å². The van der Waals surface area contributed by atoms with Gasteiger partial charge in [-0.05, 0) is 29.7 Å². The molecule has 1 aliphatic heterocycles. The number of nitrogens with zero attached hydrogens (tertiary/aromatic N) is 1. The molecule has 152 valence electrons.